The van der Waals surface area contributed by atoms with Gasteiger partial charge in [-0.1, -0.05) is 18.2 Å². The van der Waals surface area contributed by atoms with E-state index in [1.165, 1.54) is 16.7 Å². The third-order valence-electron chi connectivity index (χ3n) is 3.21. The SMILES string of the molecule is CNC(Cc1ccc(C)c(C)c1)c1ncc[nH]1. The molecule has 1 aromatic carbocycles. The van der Waals surface area contributed by atoms with Gasteiger partial charge < -0.3 is 10.3 Å². The molecule has 0 radical (unpaired) electrons. The van der Waals surface area contributed by atoms with Crippen molar-refractivity contribution in [1.82, 2.24) is 15.3 Å². The molecule has 0 aliphatic carbocycles. The third-order valence-corrected chi connectivity index (χ3v) is 3.21. The topological polar surface area (TPSA) is 40.7 Å². The highest BCUT2D eigenvalue weighted by molar-refractivity contribution is 5.30. The fraction of sp³-hybridized carbons (Fsp3) is 0.357. The molecule has 1 unspecified atom stereocenters. The Labute approximate surface area is 102 Å². The van der Waals surface area contributed by atoms with Crippen molar-refractivity contribution in [3.63, 3.8) is 0 Å². The number of hydrogen-bond donors (Lipinski definition) is 2. The van der Waals surface area contributed by atoms with Crippen molar-refractivity contribution in [2.45, 2.75) is 26.3 Å². The number of rotatable bonds is 4. The van der Waals surface area contributed by atoms with Crippen LogP contribution in [0.5, 0.6) is 0 Å². The van der Waals surface area contributed by atoms with E-state index in [0.717, 1.165) is 12.2 Å². The molecule has 17 heavy (non-hydrogen) atoms. The lowest BCUT2D eigenvalue weighted by Gasteiger charge is -2.14. The zero-order valence-electron chi connectivity index (χ0n) is 10.6. The first-order valence-corrected chi connectivity index (χ1v) is 5.93. The number of nitrogens with zero attached hydrogens (tertiary/aromatic N) is 1. The van der Waals surface area contributed by atoms with Crippen LogP contribution in [-0.2, 0) is 6.42 Å². The van der Waals surface area contributed by atoms with E-state index in [9.17, 15) is 0 Å². The van der Waals surface area contributed by atoms with Crippen molar-refractivity contribution in [2.24, 2.45) is 0 Å². The number of benzene rings is 1. The molecule has 1 heterocycles. The highest BCUT2D eigenvalue weighted by Crippen LogP contribution is 2.17. The van der Waals surface area contributed by atoms with E-state index >= 15 is 0 Å². The Morgan fingerprint density at radius 2 is 2.12 bits per heavy atom. The lowest BCUT2D eigenvalue weighted by Crippen LogP contribution is -2.20. The van der Waals surface area contributed by atoms with Gasteiger partial charge in [-0.3, -0.25) is 0 Å². The molecule has 0 bridgehead atoms. The molecule has 0 spiro atoms. The van der Waals surface area contributed by atoms with Gasteiger partial charge in [0.25, 0.3) is 0 Å². The normalized spacial score (nSPS) is 12.6. The molecular weight excluding hydrogens is 210 g/mol. The number of imidazole rings is 1. The number of aryl methyl sites for hydroxylation is 2. The van der Waals surface area contributed by atoms with Crippen molar-refractivity contribution in [1.29, 1.82) is 0 Å². The minimum absolute atomic E-state index is 0.243. The zero-order chi connectivity index (χ0) is 12.3. The number of aromatic nitrogens is 2. The monoisotopic (exact) mass is 229 g/mol. The summed E-state index contributed by atoms with van der Waals surface area (Å²) in [6.45, 7) is 4.29. The molecule has 0 saturated carbocycles. The van der Waals surface area contributed by atoms with Crippen LogP contribution in [0.15, 0.2) is 30.6 Å². The van der Waals surface area contributed by atoms with Gasteiger partial charge in [0.15, 0.2) is 0 Å². The fourth-order valence-corrected chi connectivity index (χ4v) is 1.97. The van der Waals surface area contributed by atoms with E-state index in [-0.39, 0.29) is 6.04 Å². The van der Waals surface area contributed by atoms with Crippen molar-refractivity contribution >= 4 is 0 Å². The minimum Gasteiger partial charge on any atom is -0.347 e. The second-order valence-corrected chi connectivity index (χ2v) is 4.44. The van der Waals surface area contributed by atoms with Crippen LogP contribution in [0.3, 0.4) is 0 Å². The van der Waals surface area contributed by atoms with Crippen LogP contribution >= 0.6 is 0 Å². The molecule has 0 aliphatic heterocycles. The largest absolute Gasteiger partial charge is 0.347 e. The first kappa shape index (κ1) is 11.9. The van der Waals surface area contributed by atoms with Gasteiger partial charge in [-0.05, 0) is 44.0 Å². The standard InChI is InChI=1S/C14H19N3/c1-10-4-5-12(8-11(10)2)9-13(15-3)14-16-6-7-17-14/h4-8,13,15H,9H2,1-3H3,(H,16,17). The molecule has 1 aromatic heterocycles. The second-order valence-electron chi connectivity index (χ2n) is 4.44. The molecule has 0 saturated heterocycles. The summed E-state index contributed by atoms with van der Waals surface area (Å²) in [7, 11) is 1.97. The number of likely N-dealkylation sites (N-methyl/N-ethyl adjacent to an activating group) is 1. The van der Waals surface area contributed by atoms with Gasteiger partial charge in [0.2, 0.25) is 0 Å². The van der Waals surface area contributed by atoms with E-state index in [2.05, 4.69) is 47.3 Å². The van der Waals surface area contributed by atoms with Crippen LogP contribution in [0.4, 0.5) is 0 Å². The van der Waals surface area contributed by atoms with Gasteiger partial charge in [-0.15, -0.1) is 0 Å². The number of nitrogens with one attached hydrogen (secondary N) is 2. The van der Waals surface area contributed by atoms with Crippen molar-refractivity contribution in [2.75, 3.05) is 7.05 Å². The first-order chi connectivity index (χ1) is 8.20. The van der Waals surface area contributed by atoms with Crippen LogP contribution in [-0.4, -0.2) is 17.0 Å². The molecule has 1 atom stereocenters. The van der Waals surface area contributed by atoms with E-state index in [0.29, 0.717) is 0 Å². The van der Waals surface area contributed by atoms with Crippen LogP contribution in [0.25, 0.3) is 0 Å². The van der Waals surface area contributed by atoms with Gasteiger partial charge in [-0.25, -0.2) is 4.98 Å². The van der Waals surface area contributed by atoms with E-state index in [1.807, 2.05) is 13.2 Å². The van der Waals surface area contributed by atoms with Crippen molar-refractivity contribution in [3.8, 4) is 0 Å². The summed E-state index contributed by atoms with van der Waals surface area (Å²) in [6.07, 6.45) is 4.60. The van der Waals surface area contributed by atoms with E-state index in [4.69, 9.17) is 0 Å². The maximum Gasteiger partial charge on any atom is 0.123 e. The Balaban J connectivity index is 2.16. The predicted octanol–water partition coefficient (Wildman–Crippen LogP) is 2.53. The summed E-state index contributed by atoms with van der Waals surface area (Å²) in [5.41, 5.74) is 4.02. The molecule has 0 fully saturated rings. The lowest BCUT2D eigenvalue weighted by atomic mass is 10.0. The van der Waals surface area contributed by atoms with E-state index < -0.39 is 0 Å². The average molecular weight is 229 g/mol. The van der Waals surface area contributed by atoms with Gasteiger partial charge in [0.05, 0.1) is 6.04 Å². The Morgan fingerprint density at radius 1 is 1.29 bits per heavy atom. The third kappa shape index (κ3) is 2.74. The van der Waals surface area contributed by atoms with Crippen LogP contribution in [0.1, 0.15) is 28.6 Å². The first-order valence-electron chi connectivity index (χ1n) is 5.93. The van der Waals surface area contributed by atoms with Crippen LogP contribution in [0.2, 0.25) is 0 Å². The zero-order valence-corrected chi connectivity index (χ0v) is 10.6. The Kier molecular flexibility index (Phi) is 3.59. The van der Waals surface area contributed by atoms with Crippen molar-refractivity contribution in [3.05, 3.63) is 53.1 Å². The molecule has 2 N–H and O–H groups in total. The number of aromatic amines is 1. The Morgan fingerprint density at radius 3 is 2.71 bits per heavy atom. The maximum atomic E-state index is 4.31. The quantitative estimate of drug-likeness (QED) is 0.845. The number of H-pyrrole nitrogens is 1. The van der Waals surface area contributed by atoms with Gasteiger partial charge in [0, 0.05) is 12.4 Å². The summed E-state index contributed by atoms with van der Waals surface area (Å²) in [5, 5.41) is 3.29. The molecule has 3 heteroatoms. The minimum atomic E-state index is 0.243. The average Bonchev–Trinajstić information content (AvgIpc) is 2.84. The van der Waals surface area contributed by atoms with Crippen LogP contribution in [0, 0.1) is 13.8 Å². The molecule has 0 amide bonds. The molecule has 3 nitrogen and oxygen atoms in total. The van der Waals surface area contributed by atoms with Crippen molar-refractivity contribution < 1.29 is 0 Å². The number of hydrogen-bond acceptors (Lipinski definition) is 2. The molecule has 0 aliphatic rings. The second kappa shape index (κ2) is 5.15. The Hall–Kier alpha value is -1.61. The molecular formula is C14H19N3. The predicted molar refractivity (Wildman–Crippen MR) is 70.0 cm³/mol. The van der Waals surface area contributed by atoms with Gasteiger partial charge in [-0.2, -0.15) is 0 Å². The van der Waals surface area contributed by atoms with Crippen LogP contribution < -0.4 is 5.32 Å². The molecule has 90 valence electrons. The van der Waals surface area contributed by atoms with Gasteiger partial charge >= 0.3 is 0 Å². The summed E-state index contributed by atoms with van der Waals surface area (Å²) in [4.78, 5) is 7.47. The lowest BCUT2D eigenvalue weighted by molar-refractivity contribution is 0.563. The molecule has 2 rings (SSSR count). The summed E-state index contributed by atoms with van der Waals surface area (Å²) in [5.74, 6) is 0.991. The fourth-order valence-electron chi connectivity index (χ4n) is 1.97. The molecule has 2 aromatic rings. The highest BCUT2D eigenvalue weighted by atomic mass is 15.0. The smallest absolute Gasteiger partial charge is 0.123 e. The van der Waals surface area contributed by atoms with Gasteiger partial charge in [0.1, 0.15) is 5.82 Å². The summed E-state index contributed by atoms with van der Waals surface area (Å²) in [6, 6.07) is 6.87. The summed E-state index contributed by atoms with van der Waals surface area (Å²) >= 11 is 0. The maximum absolute atomic E-state index is 4.31. The summed E-state index contributed by atoms with van der Waals surface area (Å²) < 4.78 is 0. The Bertz CT molecular complexity index is 474. The highest BCUT2D eigenvalue weighted by Gasteiger charge is 2.12. The van der Waals surface area contributed by atoms with E-state index in [1.54, 1.807) is 6.20 Å².